The van der Waals surface area contributed by atoms with Gasteiger partial charge in [0.05, 0.1) is 0 Å². The number of nitrogens with zero attached hydrogens (tertiary/aromatic N) is 2. The van der Waals surface area contributed by atoms with Crippen LogP contribution in [0, 0.1) is 5.82 Å². The van der Waals surface area contributed by atoms with Crippen molar-refractivity contribution >= 4 is 12.0 Å². The van der Waals surface area contributed by atoms with E-state index in [-0.39, 0.29) is 23.0 Å². The van der Waals surface area contributed by atoms with Crippen LogP contribution < -0.4 is 14.8 Å². The van der Waals surface area contributed by atoms with Crippen molar-refractivity contribution in [1.82, 2.24) is 15.5 Å². The van der Waals surface area contributed by atoms with Gasteiger partial charge in [-0.1, -0.05) is 5.16 Å². The SMILES string of the molecule is CC(NC(=O)/C=C/c1ccc(OC(F)F)cc1OC(F)F)c1nc(-c2ccc(F)cc2)no1. The predicted octanol–water partition coefficient (Wildman–Crippen LogP) is 4.97. The average Bonchev–Trinajstić information content (AvgIpc) is 3.23. The maximum atomic E-state index is 13.0. The van der Waals surface area contributed by atoms with Crippen LogP contribution in [-0.2, 0) is 4.79 Å². The highest BCUT2D eigenvalue weighted by Crippen LogP contribution is 2.28. The molecule has 12 heteroatoms. The number of carbonyl (C=O) groups is 1. The molecular weight excluding hydrogens is 453 g/mol. The van der Waals surface area contributed by atoms with E-state index >= 15 is 0 Å². The quantitative estimate of drug-likeness (QED) is 0.352. The van der Waals surface area contributed by atoms with Crippen molar-refractivity contribution in [3.05, 3.63) is 65.8 Å². The van der Waals surface area contributed by atoms with Crippen molar-refractivity contribution < 1.29 is 40.7 Å². The molecule has 1 heterocycles. The molecule has 0 aliphatic carbocycles. The highest BCUT2D eigenvalue weighted by atomic mass is 19.3. The van der Waals surface area contributed by atoms with Gasteiger partial charge >= 0.3 is 13.2 Å². The Morgan fingerprint density at radius 2 is 1.76 bits per heavy atom. The molecule has 1 amide bonds. The summed E-state index contributed by atoms with van der Waals surface area (Å²) in [6.45, 7) is -4.80. The van der Waals surface area contributed by atoms with Gasteiger partial charge < -0.3 is 19.3 Å². The number of hydrogen-bond acceptors (Lipinski definition) is 6. The maximum Gasteiger partial charge on any atom is 0.387 e. The predicted molar refractivity (Wildman–Crippen MR) is 105 cm³/mol. The lowest BCUT2D eigenvalue weighted by Crippen LogP contribution is -2.24. The minimum Gasteiger partial charge on any atom is -0.435 e. The third-order valence-electron chi connectivity index (χ3n) is 4.11. The minimum atomic E-state index is -3.22. The molecule has 2 aromatic carbocycles. The number of rotatable bonds is 9. The molecule has 0 saturated heterocycles. The van der Waals surface area contributed by atoms with Gasteiger partial charge in [-0.15, -0.1) is 0 Å². The molecule has 3 aromatic rings. The molecule has 174 valence electrons. The second kappa shape index (κ2) is 10.6. The molecule has 0 spiro atoms. The van der Waals surface area contributed by atoms with Crippen molar-refractivity contribution in [2.45, 2.75) is 26.2 Å². The normalized spacial score (nSPS) is 12.4. The van der Waals surface area contributed by atoms with E-state index in [9.17, 15) is 26.7 Å². The second-order valence-electron chi connectivity index (χ2n) is 6.48. The summed E-state index contributed by atoms with van der Waals surface area (Å²) >= 11 is 0. The second-order valence-corrected chi connectivity index (χ2v) is 6.48. The van der Waals surface area contributed by atoms with E-state index < -0.39 is 36.7 Å². The number of ether oxygens (including phenoxy) is 2. The number of alkyl halides is 4. The van der Waals surface area contributed by atoms with E-state index in [4.69, 9.17) is 4.52 Å². The molecule has 33 heavy (non-hydrogen) atoms. The van der Waals surface area contributed by atoms with Gasteiger partial charge in [0.1, 0.15) is 23.4 Å². The van der Waals surface area contributed by atoms with Crippen LogP contribution in [0.5, 0.6) is 11.5 Å². The van der Waals surface area contributed by atoms with Crippen LogP contribution in [0.4, 0.5) is 22.0 Å². The van der Waals surface area contributed by atoms with E-state index in [0.717, 1.165) is 24.3 Å². The Morgan fingerprint density at radius 1 is 1.06 bits per heavy atom. The average molecular weight is 469 g/mol. The first kappa shape index (κ1) is 23.7. The highest BCUT2D eigenvalue weighted by Gasteiger charge is 2.17. The molecule has 1 N–H and O–H groups in total. The smallest absolute Gasteiger partial charge is 0.387 e. The van der Waals surface area contributed by atoms with Crippen LogP contribution in [0.1, 0.15) is 24.4 Å². The molecule has 0 aliphatic heterocycles. The molecule has 0 bridgehead atoms. The lowest BCUT2D eigenvalue weighted by molar-refractivity contribution is -0.117. The lowest BCUT2D eigenvalue weighted by atomic mass is 10.1. The van der Waals surface area contributed by atoms with Crippen LogP contribution in [0.2, 0.25) is 0 Å². The highest BCUT2D eigenvalue weighted by molar-refractivity contribution is 5.92. The van der Waals surface area contributed by atoms with Gasteiger partial charge in [-0.2, -0.15) is 22.5 Å². The summed E-state index contributed by atoms with van der Waals surface area (Å²) < 4.78 is 76.6. The number of benzene rings is 2. The summed E-state index contributed by atoms with van der Waals surface area (Å²) in [5, 5.41) is 6.32. The van der Waals surface area contributed by atoms with Crippen molar-refractivity contribution in [3.63, 3.8) is 0 Å². The fourth-order valence-electron chi connectivity index (χ4n) is 2.64. The summed E-state index contributed by atoms with van der Waals surface area (Å²) in [4.78, 5) is 16.4. The number of halogens is 5. The summed E-state index contributed by atoms with van der Waals surface area (Å²) in [7, 11) is 0. The molecule has 0 radical (unpaired) electrons. The maximum absolute atomic E-state index is 13.0. The Balaban J connectivity index is 1.67. The van der Waals surface area contributed by atoms with E-state index in [1.54, 1.807) is 6.92 Å². The van der Waals surface area contributed by atoms with Crippen LogP contribution >= 0.6 is 0 Å². The van der Waals surface area contributed by atoms with Crippen LogP contribution in [-0.4, -0.2) is 29.3 Å². The fraction of sp³-hybridized carbons (Fsp3) is 0.190. The van der Waals surface area contributed by atoms with Gasteiger partial charge in [0, 0.05) is 23.3 Å². The Hall–Kier alpha value is -3.96. The summed E-state index contributed by atoms with van der Waals surface area (Å²) in [5.41, 5.74) is 0.534. The molecule has 7 nitrogen and oxygen atoms in total. The third-order valence-corrected chi connectivity index (χ3v) is 4.11. The Labute approximate surface area is 183 Å². The Kier molecular flexibility index (Phi) is 7.59. The molecule has 0 saturated carbocycles. The van der Waals surface area contributed by atoms with Crippen molar-refractivity contribution in [2.24, 2.45) is 0 Å². The van der Waals surface area contributed by atoms with Gasteiger partial charge in [-0.3, -0.25) is 4.79 Å². The van der Waals surface area contributed by atoms with Gasteiger partial charge in [-0.05, 0) is 49.4 Å². The largest absolute Gasteiger partial charge is 0.435 e. The molecular formula is C21H16F5N3O4. The number of amides is 1. The topological polar surface area (TPSA) is 86.5 Å². The molecule has 0 fully saturated rings. The van der Waals surface area contributed by atoms with Crippen LogP contribution in [0.25, 0.3) is 17.5 Å². The zero-order chi connectivity index (χ0) is 24.0. The zero-order valence-electron chi connectivity index (χ0n) is 16.8. The molecule has 1 aromatic heterocycles. The molecule has 3 rings (SSSR count). The number of nitrogens with one attached hydrogen (secondary N) is 1. The van der Waals surface area contributed by atoms with Gasteiger partial charge in [0.25, 0.3) is 0 Å². The van der Waals surface area contributed by atoms with Crippen molar-refractivity contribution in [2.75, 3.05) is 0 Å². The van der Waals surface area contributed by atoms with Crippen molar-refractivity contribution in [1.29, 1.82) is 0 Å². The van der Waals surface area contributed by atoms with Crippen LogP contribution in [0.15, 0.2) is 53.1 Å². The molecule has 1 atom stereocenters. The summed E-state index contributed by atoms with van der Waals surface area (Å²) in [5.74, 6) is -1.63. The Morgan fingerprint density at radius 3 is 2.42 bits per heavy atom. The van der Waals surface area contributed by atoms with E-state index in [1.165, 1.54) is 30.3 Å². The van der Waals surface area contributed by atoms with E-state index in [2.05, 4.69) is 24.9 Å². The lowest BCUT2D eigenvalue weighted by Gasteiger charge is -2.11. The van der Waals surface area contributed by atoms with E-state index in [1.807, 2.05) is 0 Å². The monoisotopic (exact) mass is 469 g/mol. The van der Waals surface area contributed by atoms with Gasteiger partial charge in [-0.25, -0.2) is 4.39 Å². The molecule has 0 aliphatic rings. The summed E-state index contributed by atoms with van der Waals surface area (Å²) in [6, 6.07) is 7.82. The van der Waals surface area contributed by atoms with Gasteiger partial charge in [0.15, 0.2) is 0 Å². The third kappa shape index (κ3) is 6.76. The first-order valence-electron chi connectivity index (χ1n) is 9.33. The minimum absolute atomic E-state index is 0.0242. The number of hydrogen-bond donors (Lipinski definition) is 1. The first-order valence-corrected chi connectivity index (χ1v) is 9.33. The van der Waals surface area contributed by atoms with Crippen LogP contribution in [0.3, 0.4) is 0 Å². The van der Waals surface area contributed by atoms with Gasteiger partial charge in [0.2, 0.25) is 17.6 Å². The number of aromatic nitrogens is 2. The standard InChI is InChI=1S/C21H16F5N3O4/c1-11(19-28-18(29-33-19)13-2-6-14(22)7-3-13)27-17(30)9-5-12-4-8-15(31-20(23)24)10-16(12)32-21(25)26/h2-11,20-21H,1H3,(H,27,30)/b9-5+. The summed E-state index contributed by atoms with van der Waals surface area (Å²) in [6.07, 6.45) is 2.18. The number of carbonyl (C=O) groups excluding carboxylic acids is 1. The fourth-order valence-corrected chi connectivity index (χ4v) is 2.64. The zero-order valence-corrected chi connectivity index (χ0v) is 16.8. The van der Waals surface area contributed by atoms with E-state index in [0.29, 0.717) is 5.56 Å². The molecule has 1 unspecified atom stereocenters. The first-order chi connectivity index (χ1) is 15.7. The van der Waals surface area contributed by atoms with Crippen molar-refractivity contribution in [3.8, 4) is 22.9 Å². The Bertz CT molecular complexity index is 1120.